The first-order chi connectivity index (χ1) is 19.1. The van der Waals surface area contributed by atoms with Crippen LogP contribution in [0.15, 0.2) is 83.8 Å². The summed E-state index contributed by atoms with van der Waals surface area (Å²) in [7, 11) is -4.18. The predicted molar refractivity (Wildman–Crippen MR) is 159 cm³/mol. The Morgan fingerprint density at radius 1 is 0.925 bits per heavy atom. The van der Waals surface area contributed by atoms with E-state index < -0.39 is 28.5 Å². The Kier molecular flexibility index (Phi) is 10.1. The molecule has 0 unspecified atom stereocenters. The fourth-order valence-corrected chi connectivity index (χ4v) is 6.83. The summed E-state index contributed by atoms with van der Waals surface area (Å²) in [6.07, 6.45) is 4.45. The third-order valence-electron chi connectivity index (χ3n) is 7.10. The first kappa shape index (κ1) is 29.9. The quantitative estimate of drug-likeness (QED) is 0.305. The summed E-state index contributed by atoms with van der Waals surface area (Å²) in [6, 6.07) is 21.2. The van der Waals surface area contributed by atoms with E-state index in [0.29, 0.717) is 6.42 Å². The maximum atomic E-state index is 14.0. The Morgan fingerprint density at radius 3 is 2.10 bits per heavy atom. The molecule has 2 amide bonds. The third kappa shape index (κ3) is 7.56. The van der Waals surface area contributed by atoms with Crippen molar-refractivity contribution in [2.75, 3.05) is 17.4 Å². The Bertz CT molecular complexity index is 1400. The van der Waals surface area contributed by atoms with Crippen LogP contribution in [0.2, 0.25) is 10.0 Å². The van der Waals surface area contributed by atoms with E-state index in [1.165, 1.54) is 35.2 Å². The SMILES string of the molecule is C[C@H](C(=O)NC1CCCC1)N(CCc1ccccc1)C(=O)CN(c1cc(Cl)cc(Cl)c1)S(=O)(=O)c1ccccc1. The molecule has 10 heteroatoms. The highest BCUT2D eigenvalue weighted by atomic mass is 35.5. The second-order valence-electron chi connectivity index (χ2n) is 9.94. The van der Waals surface area contributed by atoms with Crippen LogP contribution in [0.3, 0.4) is 0 Å². The summed E-state index contributed by atoms with van der Waals surface area (Å²) in [5, 5.41) is 3.53. The zero-order valence-corrected chi connectivity index (χ0v) is 24.6. The number of carbonyl (C=O) groups is 2. The van der Waals surface area contributed by atoms with Crippen molar-refractivity contribution in [3.8, 4) is 0 Å². The van der Waals surface area contributed by atoms with E-state index in [0.717, 1.165) is 35.6 Å². The number of rotatable bonds is 11. The highest BCUT2D eigenvalue weighted by Crippen LogP contribution is 2.30. The monoisotopic (exact) mass is 601 g/mol. The second-order valence-corrected chi connectivity index (χ2v) is 12.7. The smallest absolute Gasteiger partial charge is 0.264 e. The first-order valence-electron chi connectivity index (χ1n) is 13.3. The Hall–Kier alpha value is -3.07. The Balaban J connectivity index is 1.66. The maximum Gasteiger partial charge on any atom is 0.264 e. The molecule has 0 spiro atoms. The normalized spacial score (nSPS) is 14.5. The van der Waals surface area contributed by atoms with E-state index in [1.54, 1.807) is 25.1 Å². The number of nitrogens with zero attached hydrogens (tertiary/aromatic N) is 2. The molecule has 3 aromatic carbocycles. The van der Waals surface area contributed by atoms with Crippen molar-refractivity contribution in [2.45, 2.75) is 56.0 Å². The molecule has 0 aromatic heterocycles. The molecule has 0 saturated heterocycles. The van der Waals surface area contributed by atoms with Gasteiger partial charge in [-0.1, -0.05) is 84.6 Å². The first-order valence-corrected chi connectivity index (χ1v) is 15.5. The molecule has 7 nitrogen and oxygen atoms in total. The Labute approximate surface area is 246 Å². The van der Waals surface area contributed by atoms with Gasteiger partial charge in [0, 0.05) is 22.6 Å². The molecule has 1 N–H and O–H groups in total. The number of benzene rings is 3. The number of anilines is 1. The van der Waals surface area contributed by atoms with Crippen LogP contribution in [-0.2, 0) is 26.0 Å². The standard InChI is InChI=1S/C30H33Cl2N3O4S/c1-22(30(37)33-26-12-8-9-13-26)34(17-16-23-10-4-2-5-11-23)29(36)21-35(27-19-24(31)18-25(32)20-27)40(38,39)28-14-6-3-7-15-28/h2-7,10-11,14-15,18-20,22,26H,8-9,12-13,16-17,21H2,1H3,(H,33,37)/t22-/m1/s1. The van der Waals surface area contributed by atoms with Crippen LogP contribution in [0.4, 0.5) is 5.69 Å². The van der Waals surface area contributed by atoms with E-state index in [1.807, 2.05) is 30.3 Å². The van der Waals surface area contributed by atoms with Gasteiger partial charge in [-0.3, -0.25) is 13.9 Å². The van der Waals surface area contributed by atoms with Gasteiger partial charge in [0.2, 0.25) is 11.8 Å². The summed E-state index contributed by atoms with van der Waals surface area (Å²) in [5.41, 5.74) is 1.15. The van der Waals surface area contributed by atoms with Crippen LogP contribution in [-0.4, -0.2) is 50.3 Å². The van der Waals surface area contributed by atoms with Gasteiger partial charge in [0.25, 0.3) is 10.0 Å². The van der Waals surface area contributed by atoms with E-state index in [-0.39, 0.29) is 39.1 Å². The molecule has 4 rings (SSSR count). The summed E-state index contributed by atoms with van der Waals surface area (Å²) in [6.45, 7) is 1.38. The number of amides is 2. The van der Waals surface area contributed by atoms with Crippen LogP contribution in [0.5, 0.6) is 0 Å². The molecule has 0 bridgehead atoms. The molecule has 0 aliphatic heterocycles. The topological polar surface area (TPSA) is 86.8 Å². The average molecular weight is 603 g/mol. The van der Waals surface area contributed by atoms with Crippen molar-refractivity contribution in [1.82, 2.24) is 10.2 Å². The summed E-state index contributed by atoms with van der Waals surface area (Å²) < 4.78 is 28.6. The Morgan fingerprint density at radius 2 is 1.50 bits per heavy atom. The van der Waals surface area contributed by atoms with Gasteiger partial charge in [0.05, 0.1) is 10.6 Å². The lowest BCUT2D eigenvalue weighted by molar-refractivity contribution is -0.139. The van der Waals surface area contributed by atoms with Gasteiger partial charge in [0.15, 0.2) is 0 Å². The van der Waals surface area contributed by atoms with Crippen LogP contribution < -0.4 is 9.62 Å². The second kappa shape index (κ2) is 13.5. The van der Waals surface area contributed by atoms with E-state index in [9.17, 15) is 18.0 Å². The fourth-order valence-electron chi connectivity index (χ4n) is 4.89. The number of halogens is 2. The summed E-state index contributed by atoms with van der Waals surface area (Å²) in [5.74, 6) is -0.766. The molecule has 1 saturated carbocycles. The molecule has 40 heavy (non-hydrogen) atoms. The zero-order valence-electron chi connectivity index (χ0n) is 22.3. The zero-order chi connectivity index (χ0) is 28.7. The number of carbonyl (C=O) groups excluding carboxylic acids is 2. The van der Waals surface area contributed by atoms with Gasteiger partial charge in [-0.05, 0) is 62.1 Å². The van der Waals surface area contributed by atoms with Crippen molar-refractivity contribution in [1.29, 1.82) is 0 Å². The highest BCUT2D eigenvalue weighted by molar-refractivity contribution is 7.92. The summed E-state index contributed by atoms with van der Waals surface area (Å²) >= 11 is 12.5. The van der Waals surface area contributed by atoms with Crippen LogP contribution in [0, 0.1) is 0 Å². The molecule has 212 valence electrons. The van der Waals surface area contributed by atoms with Gasteiger partial charge >= 0.3 is 0 Å². The number of hydrogen-bond donors (Lipinski definition) is 1. The maximum absolute atomic E-state index is 14.0. The van der Waals surface area contributed by atoms with Gasteiger partial charge < -0.3 is 10.2 Å². The lowest BCUT2D eigenvalue weighted by atomic mass is 10.1. The van der Waals surface area contributed by atoms with Gasteiger partial charge in [-0.15, -0.1) is 0 Å². The van der Waals surface area contributed by atoms with Crippen molar-refractivity contribution in [3.63, 3.8) is 0 Å². The highest BCUT2D eigenvalue weighted by Gasteiger charge is 2.33. The molecule has 0 radical (unpaired) electrons. The van der Waals surface area contributed by atoms with Gasteiger partial charge in [-0.2, -0.15) is 0 Å². The lowest BCUT2D eigenvalue weighted by Gasteiger charge is -2.32. The molecule has 1 aliphatic rings. The molecular weight excluding hydrogens is 569 g/mol. The molecular formula is C30H33Cl2N3O4S. The number of nitrogens with one attached hydrogen (secondary N) is 1. The van der Waals surface area contributed by atoms with Crippen LogP contribution in [0.25, 0.3) is 0 Å². The molecule has 1 fully saturated rings. The fraction of sp³-hybridized carbons (Fsp3) is 0.333. The molecule has 3 aromatic rings. The van der Waals surface area contributed by atoms with Crippen molar-refractivity contribution in [2.24, 2.45) is 0 Å². The average Bonchev–Trinajstić information content (AvgIpc) is 3.45. The van der Waals surface area contributed by atoms with Crippen LogP contribution in [0.1, 0.15) is 38.2 Å². The van der Waals surface area contributed by atoms with Crippen molar-refractivity contribution in [3.05, 3.63) is 94.5 Å². The number of sulfonamides is 1. The van der Waals surface area contributed by atoms with Crippen molar-refractivity contribution >= 4 is 50.7 Å². The largest absolute Gasteiger partial charge is 0.352 e. The minimum atomic E-state index is -4.18. The molecule has 1 atom stereocenters. The molecule has 1 aliphatic carbocycles. The lowest BCUT2D eigenvalue weighted by Crippen LogP contribution is -2.53. The minimum absolute atomic E-state index is 0.0155. The van der Waals surface area contributed by atoms with Gasteiger partial charge in [0.1, 0.15) is 12.6 Å². The van der Waals surface area contributed by atoms with Crippen molar-refractivity contribution < 1.29 is 18.0 Å². The minimum Gasteiger partial charge on any atom is -0.352 e. The third-order valence-corrected chi connectivity index (χ3v) is 9.32. The van der Waals surface area contributed by atoms with Crippen LogP contribution >= 0.6 is 23.2 Å². The van der Waals surface area contributed by atoms with E-state index in [4.69, 9.17) is 23.2 Å². The summed E-state index contributed by atoms with van der Waals surface area (Å²) in [4.78, 5) is 28.7. The molecule has 0 heterocycles. The van der Waals surface area contributed by atoms with E-state index >= 15 is 0 Å². The number of hydrogen-bond acceptors (Lipinski definition) is 4. The predicted octanol–water partition coefficient (Wildman–Crippen LogP) is 5.71. The van der Waals surface area contributed by atoms with Gasteiger partial charge in [-0.25, -0.2) is 8.42 Å². The van der Waals surface area contributed by atoms with E-state index in [2.05, 4.69) is 5.32 Å².